The van der Waals surface area contributed by atoms with Crippen LogP contribution < -0.4 is 16.4 Å². The first-order valence-corrected chi connectivity index (χ1v) is 5.06. The van der Waals surface area contributed by atoms with Crippen LogP contribution in [0.15, 0.2) is 0 Å². The topological polar surface area (TPSA) is 67.1 Å². The van der Waals surface area contributed by atoms with Gasteiger partial charge in [0.1, 0.15) is 0 Å². The molecule has 1 atom stereocenters. The van der Waals surface area contributed by atoms with Gasteiger partial charge >= 0.3 is 6.03 Å². The van der Waals surface area contributed by atoms with E-state index < -0.39 is 0 Å². The van der Waals surface area contributed by atoms with Crippen LogP contribution in [0.1, 0.15) is 34.1 Å². The molecule has 0 aromatic heterocycles. The molecule has 14 heavy (non-hydrogen) atoms. The highest BCUT2D eigenvalue weighted by Crippen LogP contribution is 2.44. The molecule has 82 valence electrons. The Bertz CT molecular complexity index is 236. The van der Waals surface area contributed by atoms with Crippen molar-refractivity contribution in [1.29, 1.82) is 0 Å². The van der Waals surface area contributed by atoms with Crippen molar-refractivity contribution in [2.45, 2.75) is 45.7 Å². The van der Waals surface area contributed by atoms with Crippen LogP contribution in [0.3, 0.4) is 0 Å². The van der Waals surface area contributed by atoms with Crippen molar-refractivity contribution in [1.82, 2.24) is 10.6 Å². The maximum atomic E-state index is 11.5. The monoisotopic (exact) mass is 199 g/mol. The SMILES string of the molecule is CC(C)(CN)NC(=O)NC1CC1(C)C. The second-order valence-corrected chi connectivity index (χ2v) is 5.43. The molecule has 1 saturated carbocycles. The van der Waals surface area contributed by atoms with Crippen molar-refractivity contribution < 1.29 is 4.79 Å². The van der Waals surface area contributed by atoms with E-state index in [1.165, 1.54) is 0 Å². The molecule has 0 radical (unpaired) electrons. The number of carbonyl (C=O) groups is 1. The minimum Gasteiger partial charge on any atom is -0.335 e. The zero-order valence-corrected chi connectivity index (χ0v) is 9.48. The second kappa shape index (κ2) is 3.42. The lowest BCUT2D eigenvalue weighted by Crippen LogP contribution is -2.53. The highest BCUT2D eigenvalue weighted by Gasteiger charge is 2.46. The molecule has 1 rings (SSSR count). The minimum absolute atomic E-state index is 0.115. The summed E-state index contributed by atoms with van der Waals surface area (Å²) in [5.41, 5.74) is 5.45. The molecule has 0 heterocycles. The van der Waals surface area contributed by atoms with Crippen molar-refractivity contribution in [2.75, 3.05) is 6.54 Å². The molecule has 0 bridgehead atoms. The van der Waals surface area contributed by atoms with Crippen molar-refractivity contribution in [3.05, 3.63) is 0 Å². The lowest BCUT2D eigenvalue weighted by molar-refractivity contribution is 0.229. The van der Waals surface area contributed by atoms with Gasteiger partial charge in [-0.1, -0.05) is 13.8 Å². The first-order valence-electron chi connectivity index (χ1n) is 5.06. The van der Waals surface area contributed by atoms with Gasteiger partial charge in [-0.25, -0.2) is 4.79 Å². The summed E-state index contributed by atoms with van der Waals surface area (Å²) in [4.78, 5) is 11.5. The number of nitrogens with one attached hydrogen (secondary N) is 2. The molecule has 1 unspecified atom stereocenters. The molecule has 0 spiro atoms. The first-order chi connectivity index (χ1) is 6.27. The summed E-state index contributed by atoms with van der Waals surface area (Å²) in [6.07, 6.45) is 1.06. The van der Waals surface area contributed by atoms with Crippen LogP contribution in [0.2, 0.25) is 0 Å². The lowest BCUT2D eigenvalue weighted by Gasteiger charge is -2.24. The Morgan fingerprint density at radius 2 is 2.07 bits per heavy atom. The molecule has 1 aliphatic rings. The number of rotatable bonds is 3. The summed E-state index contributed by atoms with van der Waals surface area (Å²) in [5, 5.41) is 5.77. The van der Waals surface area contributed by atoms with E-state index in [1.807, 2.05) is 13.8 Å². The average molecular weight is 199 g/mol. The van der Waals surface area contributed by atoms with Crippen molar-refractivity contribution in [2.24, 2.45) is 11.1 Å². The first kappa shape index (κ1) is 11.3. The molecule has 4 heteroatoms. The molecule has 0 aliphatic heterocycles. The predicted octanol–water partition coefficient (Wildman–Crippen LogP) is 0.821. The number of hydrogen-bond acceptors (Lipinski definition) is 2. The molecule has 1 fully saturated rings. The van der Waals surface area contributed by atoms with Crippen molar-refractivity contribution in [3.8, 4) is 0 Å². The molecule has 0 saturated heterocycles. The number of urea groups is 1. The van der Waals surface area contributed by atoms with E-state index in [2.05, 4.69) is 24.5 Å². The zero-order valence-electron chi connectivity index (χ0n) is 9.48. The van der Waals surface area contributed by atoms with E-state index in [1.54, 1.807) is 0 Å². The van der Waals surface area contributed by atoms with E-state index in [4.69, 9.17) is 5.73 Å². The Labute approximate surface area is 85.6 Å². The van der Waals surface area contributed by atoms with E-state index in [9.17, 15) is 4.79 Å². The Hall–Kier alpha value is -0.770. The van der Waals surface area contributed by atoms with Gasteiger partial charge in [-0.15, -0.1) is 0 Å². The fourth-order valence-corrected chi connectivity index (χ4v) is 1.27. The van der Waals surface area contributed by atoms with Crippen molar-refractivity contribution >= 4 is 6.03 Å². The van der Waals surface area contributed by atoms with Crippen LogP contribution in [-0.4, -0.2) is 24.2 Å². The van der Waals surface area contributed by atoms with Crippen molar-refractivity contribution in [3.63, 3.8) is 0 Å². The molecule has 2 amide bonds. The van der Waals surface area contributed by atoms with Gasteiger partial charge in [0.05, 0.1) is 0 Å². The van der Waals surface area contributed by atoms with Gasteiger partial charge in [0, 0.05) is 18.1 Å². The van der Waals surface area contributed by atoms with Gasteiger partial charge in [-0.2, -0.15) is 0 Å². The number of amides is 2. The molecule has 1 aliphatic carbocycles. The van der Waals surface area contributed by atoms with E-state index in [0.29, 0.717) is 12.6 Å². The minimum atomic E-state index is -0.330. The predicted molar refractivity (Wildman–Crippen MR) is 57.0 cm³/mol. The number of carbonyl (C=O) groups excluding carboxylic acids is 1. The fraction of sp³-hybridized carbons (Fsp3) is 0.900. The Morgan fingerprint density at radius 3 is 2.43 bits per heavy atom. The fourth-order valence-electron chi connectivity index (χ4n) is 1.27. The van der Waals surface area contributed by atoms with Gasteiger partial charge in [0.2, 0.25) is 0 Å². The maximum absolute atomic E-state index is 11.5. The van der Waals surface area contributed by atoms with Gasteiger partial charge in [0.25, 0.3) is 0 Å². The van der Waals surface area contributed by atoms with Gasteiger partial charge in [-0.05, 0) is 25.7 Å². The Morgan fingerprint density at radius 1 is 1.57 bits per heavy atom. The highest BCUT2D eigenvalue weighted by molar-refractivity contribution is 5.75. The summed E-state index contributed by atoms with van der Waals surface area (Å²) in [5.74, 6) is 0. The highest BCUT2D eigenvalue weighted by atomic mass is 16.2. The maximum Gasteiger partial charge on any atom is 0.315 e. The molecule has 0 aromatic rings. The number of hydrogen-bond donors (Lipinski definition) is 3. The molecule has 0 aromatic carbocycles. The Kier molecular flexibility index (Phi) is 2.76. The average Bonchev–Trinajstić information content (AvgIpc) is 2.57. The largest absolute Gasteiger partial charge is 0.335 e. The van der Waals surface area contributed by atoms with Crippen LogP contribution in [0.25, 0.3) is 0 Å². The summed E-state index contributed by atoms with van der Waals surface area (Å²) in [7, 11) is 0. The third kappa shape index (κ3) is 2.87. The summed E-state index contributed by atoms with van der Waals surface area (Å²) in [6.45, 7) is 8.54. The standard InChI is InChI=1S/C10H21N3O/c1-9(2)5-7(9)12-8(14)13-10(3,4)6-11/h7H,5-6,11H2,1-4H3,(H2,12,13,14). The normalized spacial score (nSPS) is 24.2. The second-order valence-electron chi connectivity index (χ2n) is 5.43. The van der Waals surface area contributed by atoms with Crippen LogP contribution >= 0.6 is 0 Å². The van der Waals surface area contributed by atoms with Gasteiger partial charge in [0.15, 0.2) is 0 Å². The van der Waals surface area contributed by atoms with Crippen LogP contribution in [0.4, 0.5) is 4.79 Å². The third-order valence-corrected chi connectivity index (χ3v) is 2.78. The molecule has 4 N–H and O–H groups in total. The molecular weight excluding hydrogens is 178 g/mol. The van der Waals surface area contributed by atoms with E-state index in [0.717, 1.165) is 6.42 Å². The van der Waals surface area contributed by atoms with Gasteiger partial charge < -0.3 is 16.4 Å². The summed E-state index contributed by atoms with van der Waals surface area (Å²) < 4.78 is 0. The van der Waals surface area contributed by atoms with Gasteiger partial charge in [-0.3, -0.25) is 0 Å². The molecule has 4 nitrogen and oxygen atoms in total. The quantitative estimate of drug-likeness (QED) is 0.630. The van der Waals surface area contributed by atoms with Crippen LogP contribution in [0.5, 0.6) is 0 Å². The number of nitrogens with two attached hydrogens (primary N) is 1. The zero-order chi connectivity index (χ0) is 11.0. The van der Waals surface area contributed by atoms with E-state index in [-0.39, 0.29) is 17.0 Å². The smallest absolute Gasteiger partial charge is 0.315 e. The lowest BCUT2D eigenvalue weighted by atomic mass is 10.1. The summed E-state index contributed by atoms with van der Waals surface area (Å²) >= 11 is 0. The Balaban J connectivity index is 2.31. The van der Waals surface area contributed by atoms with Crippen LogP contribution in [0, 0.1) is 5.41 Å². The van der Waals surface area contributed by atoms with E-state index >= 15 is 0 Å². The van der Waals surface area contributed by atoms with Crippen LogP contribution in [-0.2, 0) is 0 Å². The summed E-state index contributed by atoms with van der Waals surface area (Å²) in [6, 6.07) is 0.201. The third-order valence-electron chi connectivity index (χ3n) is 2.78. The molecular formula is C10H21N3O.